The Bertz CT molecular complexity index is 361. The van der Waals surface area contributed by atoms with E-state index in [1.54, 1.807) is 0 Å². The quantitative estimate of drug-likeness (QED) is 0.610. The zero-order valence-corrected chi connectivity index (χ0v) is 11.0. The van der Waals surface area contributed by atoms with Crippen molar-refractivity contribution < 1.29 is 19.8 Å². The molecule has 0 spiro atoms. The van der Waals surface area contributed by atoms with E-state index >= 15 is 0 Å². The monoisotopic (exact) mass is 270 g/mol. The highest BCUT2D eigenvalue weighted by Crippen LogP contribution is 2.27. The molecule has 0 bridgehead atoms. The van der Waals surface area contributed by atoms with Gasteiger partial charge in [-0.1, -0.05) is 19.3 Å². The van der Waals surface area contributed by atoms with Gasteiger partial charge in [0.05, 0.1) is 12.0 Å². The van der Waals surface area contributed by atoms with Crippen molar-refractivity contribution in [3.05, 3.63) is 0 Å². The first kappa shape index (κ1) is 14.3. The van der Waals surface area contributed by atoms with Crippen LogP contribution in [0.5, 0.6) is 0 Å². The summed E-state index contributed by atoms with van der Waals surface area (Å²) in [5.74, 6) is -1.54. The fourth-order valence-electron chi connectivity index (χ4n) is 3.15. The number of likely N-dealkylation sites (tertiary alicyclic amines) is 1. The number of aliphatic hydroxyl groups excluding tert-OH is 1. The van der Waals surface area contributed by atoms with E-state index in [4.69, 9.17) is 10.8 Å². The molecule has 0 aromatic heterocycles. The molecule has 2 rings (SSSR count). The molecule has 1 saturated heterocycles. The van der Waals surface area contributed by atoms with Gasteiger partial charge in [0, 0.05) is 19.0 Å². The lowest BCUT2D eigenvalue weighted by Crippen LogP contribution is -2.48. The van der Waals surface area contributed by atoms with E-state index in [9.17, 15) is 14.7 Å². The molecular weight excluding hydrogens is 248 g/mol. The normalized spacial score (nSPS) is 36.0. The summed E-state index contributed by atoms with van der Waals surface area (Å²) >= 11 is 0. The molecule has 6 heteroatoms. The van der Waals surface area contributed by atoms with Gasteiger partial charge >= 0.3 is 5.97 Å². The number of β-amino-alcohol motifs (C(OH)–C–C–N with tert-alkyl or cyclic N) is 1. The van der Waals surface area contributed by atoms with Crippen LogP contribution < -0.4 is 5.73 Å². The van der Waals surface area contributed by atoms with Crippen molar-refractivity contribution in [2.75, 3.05) is 6.54 Å². The summed E-state index contributed by atoms with van der Waals surface area (Å²) < 4.78 is 0. The van der Waals surface area contributed by atoms with Crippen LogP contribution in [0.15, 0.2) is 0 Å². The van der Waals surface area contributed by atoms with Crippen molar-refractivity contribution in [2.24, 2.45) is 11.7 Å². The highest BCUT2D eigenvalue weighted by molar-refractivity contribution is 5.86. The Kier molecular flexibility index (Phi) is 4.42. The fourth-order valence-corrected chi connectivity index (χ4v) is 3.15. The Labute approximate surface area is 112 Å². The van der Waals surface area contributed by atoms with Crippen LogP contribution in [0.1, 0.15) is 38.5 Å². The summed E-state index contributed by atoms with van der Waals surface area (Å²) in [6, 6.07) is -1.10. The summed E-state index contributed by atoms with van der Waals surface area (Å²) in [5, 5.41) is 18.7. The number of nitrogens with zero attached hydrogens (tertiary/aromatic N) is 1. The molecule has 1 aliphatic heterocycles. The van der Waals surface area contributed by atoms with Gasteiger partial charge in [0.15, 0.2) is 0 Å². The number of aliphatic hydroxyl groups is 1. The molecule has 2 fully saturated rings. The second-order valence-electron chi connectivity index (χ2n) is 5.64. The summed E-state index contributed by atoms with van der Waals surface area (Å²) in [5.41, 5.74) is 6.05. The average molecular weight is 270 g/mol. The molecule has 1 aliphatic carbocycles. The number of nitrogens with two attached hydrogens (primary N) is 1. The standard InChI is InChI=1S/C13H22N2O4/c14-10-5-3-1-2-4-9(10)12(17)15-7-8(16)6-11(15)13(18)19/h8-11,16H,1-7,14H2,(H,18,19)/t8-,9?,10?,11+/m1/s1. The SMILES string of the molecule is NC1CCCCCC1C(=O)N1C[C@H](O)C[C@H]1C(=O)O. The Morgan fingerprint density at radius 3 is 2.53 bits per heavy atom. The Morgan fingerprint density at radius 1 is 1.16 bits per heavy atom. The summed E-state index contributed by atoms with van der Waals surface area (Å²) in [6.07, 6.45) is 3.95. The van der Waals surface area contributed by atoms with E-state index in [0.717, 1.165) is 32.1 Å². The van der Waals surface area contributed by atoms with Crippen LogP contribution in [-0.4, -0.2) is 51.7 Å². The van der Waals surface area contributed by atoms with Crippen molar-refractivity contribution in [3.63, 3.8) is 0 Å². The molecule has 108 valence electrons. The number of carboxylic acids is 1. The summed E-state index contributed by atoms with van der Waals surface area (Å²) in [4.78, 5) is 25.0. The van der Waals surface area contributed by atoms with Gasteiger partial charge in [-0.3, -0.25) is 4.79 Å². The number of carbonyl (C=O) groups is 2. The van der Waals surface area contributed by atoms with Crippen molar-refractivity contribution in [1.82, 2.24) is 4.90 Å². The maximum absolute atomic E-state index is 12.5. The first-order valence-electron chi connectivity index (χ1n) is 6.97. The molecule has 4 atom stereocenters. The molecule has 6 nitrogen and oxygen atoms in total. The maximum atomic E-state index is 12.5. The number of rotatable bonds is 2. The van der Waals surface area contributed by atoms with Gasteiger partial charge in [0.25, 0.3) is 0 Å². The zero-order valence-electron chi connectivity index (χ0n) is 11.0. The Morgan fingerprint density at radius 2 is 1.84 bits per heavy atom. The van der Waals surface area contributed by atoms with Gasteiger partial charge in [-0.05, 0) is 12.8 Å². The first-order chi connectivity index (χ1) is 9.00. The van der Waals surface area contributed by atoms with Gasteiger partial charge in [-0.25, -0.2) is 4.79 Å². The number of carboxylic acid groups (broad SMARTS) is 1. The molecule has 0 radical (unpaired) electrons. The molecule has 0 aromatic rings. The topological polar surface area (TPSA) is 104 Å². The minimum atomic E-state index is -1.05. The molecule has 2 unspecified atom stereocenters. The van der Waals surface area contributed by atoms with Crippen LogP contribution >= 0.6 is 0 Å². The summed E-state index contributed by atoms with van der Waals surface area (Å²) in [6.45, 7) is 0.110. The van der Waals surface area contributed by atoms with Gasteiger partial charge < -0.3 is 20.8 Å². The van der Waals surface area contributed by atoms with Crippen LogP contribution in [0.2, 0.25) is 0 Å². The zero-order chi connectivity index (χ0) is 14.0. The lowest BCUT2D eigenvalue weighted by molar-refractivity contribution is -0.150. The molecule has 0 aromatic carbocycles. The third-order valence-electron chi connectivity index (χ3n) is 4.23. The van der Waals surface area contributed by atoms with Crippen molar-refractivity contribution >= 4 is 11.9 Å². The second-order valence-corrected chi connectivity index (χ2v) is 5.64. The second kappa shape index (κ2) is 5.88. The highest BCUT2D eigenvalue weighted by atomic mass is 16.4. The maximum Gasteiger partial charge on any atom is 0.326 e. The van der Waals surface area contributed by atoms with Crippen molar-refractivity contribution in [3.8, 4) is 0 Å². The number of carbonyl (C=O) groups excluding carboxylic acids is 1. The minimum Gasteiger partial charge on any atom is -0.480 e. The van der Waals surface area contributed by atoms with Crippen molar-refractivity contribution in [2.45, 2.75) is 56.7 Å². The van der Waals surface area contributed by atoms with E-state index in [1.807, 2.05) is 0 Å². The van der Waals surface area contributed by atoms with Crippen LogP contribution in [0.25, 0.3) is 0 Å². The smallest absolute Gasteiger partial charge is 0.326 e. The van der Waals surface area contributed by atoms with Gasteiger partial charge in [0.1, 0.15) is 6.04 Å². The molecule has 4 N–H and O–H groups in total. The van der Waals surface area contributed by atoms with Crippen molar-refractivity contribution in [1.29, 1.82) is 0 Å². The third-order valence-corrected chi connectivity index (χ3v) is 4.23. The van der Waals surface area contributed by atoms with Gasteiger partial charge in [-0.2, -0.15) is 0 Å². The van der Waals surface area contributed by atoms with Crippen LogP contribution in [0.3, 0.4) is 0 Å². The van der Waals surface area contributed by atoms with Gasteiger partial charge in [0.2, 0.25) is 5.91 Å². The third kappa shape index (κ3) is 3.06. The molecule has 1 saturated carbocycles. The largest absolute Gasteiger partial charge is 0.480 e. The number of hydrogen-bond acceptors (Lipinski definition) is 4. The van der Waals surface area contributed by atoms with E-state index < -0.39 is 18.1 Å². The number of aliphatic carboxylic acids is 1. The highest BCUT2D eigenvalue weighted by Gasteiger charge is 2.42. The van der Waals surface area contributed by atoms with Crippen LogP contribution in [0.4, 0.5) is 0 Å². The van der Waals surface area contributed by atoms with E-state index in [0.29, 0.717) is 0 Å². The van der Waals surface area contributed by atoms with Crippen LogP contribution in [0, 0.1) is 5.92 Å². The van der Waals surface area contributed by atoms with Crippen LogP contribution in [-0.2, 0) is 9.59 Å². The molecule has 19 heavy (non-hydrogen) atoms. The Balaban J connectivity index is 2.10. The summed E-state index contributed by atoms with van der Waals surface area (Å²) in [7, 11) is 0. The molecule has 1 heterocycles. The fraction of sp³-hybridized carbons (Fsp3) is 0.846. The lowest BCUT2D eigenvalue weighted by Gasteiger charge is -2.28. The Hall–Kier alpha value is -1.14. The number of hydrogen-bond donors (Lipinski definition) is 3. The predicted molar refractivity (Wildman–Crippen MR) is 68.3 cm³/mol. The number of amides is 1. The van der Waals surface area contributed by atoms with Gasteiger partial charge in [-0.15, -0.1) is 0 Å². The molecule has 2 aliphatic rings. The average Bonchev–Trinajstić information content (AvgIpc) is 2.62. The molecule has 1 amide bonds. The van der Waals surface area contributed by atoms with E-state index in [2.05, 4.69) is 0 Å². The molecular formula is C13H22N2O4. The predicted octanol–water partition coefficient (Wildman–Crippen LogP) is -0.0596. The van der Waals surface area contributed by atoms with E-state index in [-0.39, 0.29) is 30.8 Å². The first-order valence-corrected chi connectivity index (χ1v) is 6.97. The van der Waals surface area contributed by atoms with E-state index in [1.165, 1.54) is 4.90 Å². The lowest BCUT2D eigenvalue weighted by atomic mass is 9.93. The minimum absolute atomic E-state index is 0.110.